The Labute approximate surface area is 183 Å². The Kier molecular flexibility index (Phi) is 6.29. The number of piperidine rings is 1. The van der Waals surface area contributed by atoms with Gasteiger partial charge in [0, 0.05) is 25.7 Å². The molecule has 0 atom stereocenters. The number of rotatable bonds is 5. The molecular formula is C22H22ClF2N5O. The quantitative estimate of drug-likeness (QED) is 0.647. The first-order valence-electron chi connectivity index (χ1n) is 10.1. The minimum Gasteiger partial charge on any atom is -0.348 e. The Morgan fingerprint density at radius 2 is 1.90 bits per heavy atom. The van der Waals surface area contributed by atoms with Gasteiger partial charge in [-0.3, -0.25) is 9.69 Å². The molecule has 6 nitrogen and oxygen atoms in total. The highest BCUT2D eigenvalue weighted by Gasteiger charge is 2.24. The summed E-state index contributed by atoms with van der Waals surface area (Å²) in [5.41, 5.74) is 2.28. The second kappa shape index (κ2) is 9.11. The van der Waals surface area contributed by atoms with Crippen molar-refractivity contribution in [2.75, 3.05) is 13.1 Å². The van der Waals surface area contributed by atoms with E-state index in [2.05, 4.69) is 20.5 Å². The van der Waals surface area contributed by atoms with E-state index in [1.165, 1.54) is 6.07 Å². The van der Waals surface area contributed by atoms with Crippen LogP contribution in [0.5, 0.6) is 0 Å². The van der Waals surface area contributed by atoms with E-state index in [1.807, 2.05) is 18.2 Å². The van der Waals surface area contributed by atoms with Crippen LogP contribution in [0.1, 0.15) is 34.6 Å². The van der Waals surface area contributed by atoms with E-state index in [9.17, 15) is 13.6 Å². The van der Waals surface area contributed by atoms with E-state index in [1.54, 1.807) is 23.7 Å². The van der Waals surface area contributed by atoms with E-state index in [4.69, 9.17) is 11.6 Å². The topological polar surface area (TPSA) is 63.1 Å². The summed E-state index contributed by atoms with van der Waals surface area (Å²) in [6.45, 7) is 3.82. The summed E-state index contributed by atoms with van der Waals surface area (Å²) in [6.07, 6.45) is 1.51. The molecule has 1 aliphatic heterocycles. The van der Waals surface area contributed by atoms with Crippen molar-refractivity contribution in [2.24, 2.45) is 0 Å². The second-order valence-corrected chi connectivity index (χ2v) is 8.07. The van der Waals surface area contributed by atoms with Crippen molar-refractivity contribution in [3.63, 3.8) is 0 Å². The van der Waals surface area contributed by atoms with E-state index in [0.29, 0.717) is 22.9 Å². The molecule has 1 fully saturated rings. The standard InChI is InChI=1S/C22H22ClF2N5O/c1-14-21(27-28-30(14)20-5-3-2-4-17(20)23)22(31)26-16-8-10-29(11-9-16)13-15-6-7-18(24)19(25)12-15/h2-7,12,16H,8-11,13H2,1H3,(H,26,31). The second-order valence-electron chi connectivity index (χ2n) is 7.66. The molecule has 1 aliphatic rings. The molecule has 1 saturated heterocycles. The molecule has 1 aromatic heterocycles. The number of para-hydroxylation sites is 1. The number of halogens is 3. The van der Waals surface area contributed by atoms with Gasteiger partial charge in [0.25, 0.3) is 5.91 Å². The van der Waals surface area contributed by atoms with Crippen molar-refractivity contribution in [3.05, 3.63) is 76.1 Å². The van der Waals surface area contributed by atoms with Crippen molar-refractivity contribution in [1.82, 2.24) is 25.2 Å². The van der Waals surface area contributed by atoms with E-state index >= 15 is 0 Å². The summed E-state index contributed by atoms with van der Waals surface area (Å²) >= 11 is 6.23. The normalized spacial score (nSPS) is 15.2. The van der Waals surface area contributed by atoms with Gasteiger partial charge in [-0.05, 0) is 49.6 Å². The molecule has 1 amide bonds. The third-order valence-corrected chi connectivity index (χ3v) is 5.82. The number of likely N-dealkylation sites (tertiary alicyclic amines) is 1. The summed E-state index contributed by atoms with van der Waals surface area (Å²) in [4.78, 5) is 14.9. The van der Waals surface area contributed by atoms with Gasteiger partial charge in [0.2, 0.25) is 0 Å². The molecule has 0 bridgehead atoms. The highest BCUT2D eigenvalue weighted by Crippen LogP contribution is 2.21. The van der Waals surface area contributed by atoms with Crippen LogP contribution >= 0.6 is 11.6 Å². The van der Waals surface area contributed by atoms with Crippen molar-refractivity contribution in [3.8, 4) is 5.69 Å². The summed E-state index contributed by atoms with van der Waals surface area (Å²) in [6, 6.07) is 11.2. The fraction of sp³-hybridized carbons (Fsp3) is 0.318. The zero-order chi connectivity index (χ0) is 22.0. The van der Waals surface area contributed by atoms with E-state index < -0.39 is 11.6 Å². The van der Waals surface area contributed by atoms with Crippen LogP contribution in [0.25, 0.3) is 5.69 Å². The molecular weight excluding hydrogens is 424 g/mol. The maximum Gasteiger partial charge on any atom is 0.273 e. The van der Waals surface area contributed by atoms with Gasteiger partial charge in [0.05, 0.1) is 16.4 Å². The van der Waals surface area contributed by atoms with E-state index in [-0.39, 0.29) is 17.6 Å². The van der Waals surface area contributed by atoms with Gasteiger partial charge in [-0.1, -0.05) is 35.0 Å². The number of nitrogens with zero attached hydrogens (tertiary/aromatic N) is 4. The van der Waals surface area contributed by atoms with Crippen molar-refractivity contribution in [2.45, 2.75) is 32.4 Å². The number of aromatic nitrogens is 3. The Morgan fingerprint density at radius 1 is 1.16 bits per heavy atom. The molecule has 0 saturated carbocycles. The van der Waals surface area contributed by atoms with Crippen LogP contribution < -0.4 is 5.32 Å². The van der Waals surface area contributed by atoms with Crippen molar-refractivity contribution < 1.29 is 13.6 Å². The fourth-order valence-electron chi connectivity index (χ4n) is 3.78. The summed E-state index contributed by atoms with van der Waals surface area (Å²) in [5.74, 6) is -1.94. The lowest BCUT2D eigenvalue weighted by Gasteiger charge is -2.32. The maximum absolute atomic E-state index is 13.4. The Hall–Kier alpha value is -2.84. The number of amides is 1. The summed E-state index contributed by atoms with van der Waals surface area (Å²) < 4.78 is 28.1. The molecule has 0 unspecified atom stereocenters. The monoisotopic (exact) mass is 445 g/mol. The Morgan fingerprint density at radius 3 is 2.61 bits per heavy atom. The Balaban J connectivity index is 1.34. The zero-order valence-corrected chi connectivity index (χ0v) is 17.7. The van der Waals surface area contributed by atoms with Crippen LogP contribution in [0.2, 0.25) is 5.02 Å². The molecule has 3 aromatic rings. The van der Waals surface area contributed by atoms with Crippen LogP contribution in [0.15, 0.2) is 42.5 Å². The van der Waals surface area contributed by atoms with Crippen molar-refractivity contribution >= 4 is 17.5 Å². The van der Waals surface area contributed by atoms with Crippen LogP contribution in [-0.2, 0) is 6.54 Å². The van der Waals surface area contributed by atoms with Gasteiger partial charge in [-0.2, -0.15) is 0 Å². The molecule has 31 heavy (non-hydrogen) atoms. The molecule has 0 aliphatic carbocycles. The first-order chi connectivity index (χ1) is 14.9. The molecule has 4 rings (SSSR count). The van der Waals surface area contributed by atoms with Gasteiger partial charge in [-0.25, -0.2) is 13.5 Å². The first-order valence-corrected chi connectivity index (χ1v) is 10.4. The van der Waals surface area contributed by atoms with Gasteiger partial charge < -0.3 is 5.32 Å². The lowest BCUT2D eigenvalue weighted by Crippen LogP contribution is -2.44. The van der Waals surface area contributed by atoms with Gasteiger partial charge in [0.15, 0.2) is 17.3 Å². The van der Waals surface area contributed by atoms with Crippen molar-refractivity contribution in [1.29, 1.82) is 0 Å². The lowest BCUT2D eigenvalue weighted by molar-refractivity contribution is 0.0903. The molecule has 2 heterocycles. The molecule has 162 valence electrons. The van der Waals surface area contributed by atoms with Gasteiger partial charge >= 0.3 is 0 Å². The number of hydrogen-bond acceptors (Lipinski definition) is 4. The average Bonchev–Trinajstić information content (AvgIpc) is 3.14. The molecule has 0 radical (unpaired) electrons. The molecule has 1 N–H and O–H groups in total. The SMILES string of the molecule is Cc1c(C(=O)NC2CCN(Cc3ccc(F)c(F)c3)CC2)nnn1-c1ccccc1Cl. The van der Waals surface area contributed by atoms with Crippen LogP contribution in [0, 0.1) is 18.6 Å². The van der Waals surface area contributed by atoms with E-state index in [0.717, 1.165) is 37.6 Å². The maximum atomic E-state index is 13.4. The molecule has 0 spiro atoms. The van der Waals surface area contributed by atoms with Crippen LogP contribution in [0.3, 0.4) is 0 Å². The number of nitrogens with one attached hydrogen (secondary N) is 1. The number of carbonyl (C=O) groups excluding carboxylic acids is 1. The third-order valence-electron chi connectivity index (χ3n) is 5.50. The van der Waals surface area contributed by atoms with Gasteiger partial charge in [-0.15, -0.1) is 5.10 Å². The highest BCUT2D eigenvalue weighted by atomic mass is 35.5. The largest absolute Gasteiger partial charge is 0.348 e. The average molecular weight is 446 g/mol. The van der Waals surface area contributed by atoms with Crippen LogP contribution in [-0.4, -0.2) is 44.9 Å². The summed E-state index contributed by atoms with van der Waals surface area (Å²) in [7, 11) is 0. The fourth-order valence-corrected chi connectivity index (χ4v) is 3.99. The zero-order valence-electron chi connectivity index (χ0n) is 17.0. The number of benzene rings is 2. The minimum atomic E-state index is -0.841. The number of hydrogen-bond donors (Lipinski definition) is 1. The summed E-state index contributed by atoms with van der Waals surface area (Å²) in [5, 5.41) is 11.7. The predicted octanol–water partition coefficient (Wildman–Crippen LogP) is 3.90. The molecule has 9 heteroatoms. The number of carbonyl (C=O) groups is 1. The smallest absolute Gasteiger partial charge is 0.273 e. The van der Waals surface area contributed by atoms with Crippen LogP contribution in [0.4, 0.5) is 8.78 Å². The predicted molar refractivity (Wildman–Crippen MR) is 113 cm³/mol. The lowest BCUT2D eigenvalue weighted by atomic mass is 10.0. The first kappa shape index (κ1) is 21.4. The molecule has 2 aromatic carbocycles. The minimum absolute atomic E-state index is 0.0126. The van der Waals surface area contributed by atoms with Gasteiger partial charge in [0.1, 0.15) is 0 Å². The highest BCUT2D eigenvalue weighted by molar-refractivity contribution is 6.32. The Bertz CT molecular complexity index is 1100. The third kappa shape index (κ3) is 4.75.